The van der Waals surface area contributed by atoms with Crippen LogP contribution in [0, 0.1) is 0 Å². The van der Waals surface area contributed by atoms with Crippen LogP contribution in [0.5, 0.6) is 0 Å². The van der Waals surface area contributed by atoms with E-state index >= 15 is 0 Å². The van der Waals surface area contributed by atoms with E-state index in [-0.39, 0.29) is 12.1 Å². The Kier molecular flexibility index (Phi) is 4.14. The van der Waals surface area contributed by atoms with Gasteiger partial charge >= 0.3 is 5.97 Å². The number of hydrogen-bond acceptors (Lipinski definition) is 4. The molecular weight excluding hydrogens is 258 g/mol. The van der Waals surface area contributed by atoms with E-state index in [1.165, 1.54) is 0 Å². The van der Waals surface area contributed by atoms with Crippen molar-refractivity contribution in [3.05, 3.63) is 40.3 Å². The van der Waals surface area contributed by atoms with Crippen molar-refractivity contribution in [1.29, 1.82) is 0 Å². The molecule has 1 heterocycles. The van der Waals surface area contributed by atoms with Crippen LogP contribution in [-0.4, -0.2) is 39.0 Å². The van der Waals surface area contributed by atoms with Crippen molar-refractivity contribution in [3.8, 4) is 0 Å². The van der Waals surface area contributed by atoms with Gasteiger partial charge in [-0.25, -0.2) is 4.98 Å². The summed E-state index contributed by atoms with van der Waals surface area (Å²) in [4.78, 5) is 31.8. The Morgan fingerprint density at radius 1 is 1.45 bits per heavy atom. The van der Waals surface area contributed by atoms with Gasteiger partial charge in [0.15, 0.2) is 0 Å². The minimum atomic E-state index is -0.896. The van der Waals surface area contributed by atoms with E-state index in [2.05, 4.69) is 9.97 Å². The number of H-pyrrole nitrogens is 1. The van der Waals surface area contributed by atoms with Crippen molar-refractivity contribution < 1.29 is 9.90 Å². The molecule has 0 aliphatic rings. The van der Waals surface area contributed by atoms with Crippen LogP contribution in [0.15, 0.2) is 29.1 Å². The third-order valence-corrected chi connectivity index (χ3v) is 3.27. The molecule has 1 aromatic heterocycles. The Hall–Kier alpha value is -2.21. The number of carbonyl (C=O) groups is 1. The molecule has 0 saturated heterocycles. The molecule has 0 spiro atoms. The maximum atomic E-state index is 12.0. The molecule has 2 N–H and O–H groups in total. The smallest absolute Gasteiger partial charge is 0.320 e. The van der Waals surface area contributed by atoms with Gasteiger partial charge in [0.05, 0.1) is 11.0 Å². The number of carboxylic acid groups (broad SMARTS) is 1. The Morgan fingerprint density at radius 2 is 2.15 bits per heavy atom. The molecular formula is C14H17N3O3. The van der Waals surface area contributed by atoms with Gasteiger partial charge in [0.1, 0.15) is 11.7 Å². The number of aromatic nitrogens is 2. The highest BCUT2D eigenvalue weighted by Crippen LogP contribution is 2.09. The van der Waals surface area contributed by atoms with Crippen LogP contribution in [0.2, 0.25) is 0 Å². The predicted molar refractivity (Wildman–Crippen MR) is 75.5 cm³/mol. The second-order valence-electron chi connectivity index (χ2n) is 4.71. The molecule has 0 fully saturated rings. The summed E-state index contributed by atoms with van der Waals surface area (Å²) in [6.45, 7) is 2.00. The second-order valence-corrected chi connectivity index (χ2v) is 4.71. The summed E-state index contributed by atoms with van der Waals surface area (Å²) in [7, 11) is 1.68. The Bertz CT molecular complexity index is 681. The molecule has 0 aliphatic heterocycles. The lowest BCUT2D eigenvalue weighted by molar-refractivity contribution is -0.143. The van der Waals surface area contributed by atoms with Crippen molar-refractivity contribution in [2.45, 2.75) is 25.9 Å². The van der Waals surface area contributed by atoms with E-state index in [1.807, 2.05) is 18.2 Å². The Labute approximate surface area is 116 Å². The number of nitrogens with zero attached hydrogens (tertiary/aromatic N) is 2. The minimum Gasteiger partial charge on any atom is -0.480 e. The molecule has 106 valence electrons. The van der Waals surface area contributed by atoms with E-state index in [9.17, 15) is 9.59 Å². The molecule has 6 nitrogen and oxygen atoms in total. The average molecular weight is 275 g/mol. The van der Waals surface area contributed by atoms with Crippen LogP contribution in [0.4, 0.5) is 0 Å². The van der Waals surface area contributed by atoms with E-state index in [0.717, 1.165) is 0 Å². The highest BCUT2D eigenvalue weighted by Gasteiger charge is 2.21. The molecule has 1 atom stereocenters. The number of fused-ring (bicyclic) bond motifs is 1. The molecule has 1 aromatic carbocycles. The van der Waals surface area contributed by atoms with E-state index in [1.54, 1.807) is 24.9 Å². The molecule has 2 rings (SSSR count). The summed E-state index contributed by atoms with van der Waals surface area (Å²) >= 11 is 0. The molecule has 0 amide bonds. The van der Waals surface area contributed by atoms with E-state index in [4.69, 9.17) is 5.11 Å². The van der Waals surface area contributed by atoms with Gasteiger partial charge in [0.2, 0.25) is 0 Å². The monoisotopic (exact) mass is 275 g/mol. The van der Waals surface area contributed by atoms with Crippen LogP contribution < -0.4 is 5.56 Å². The van der Waals surface area contributed by atoms with Crippen molar-refractivity contribution in [2.75, 3.05) is 7.05 Å². The highest BCUT2D eigenvalue weighted by molar-refractivity contribution is 5.74. The molecule has 6 heteroatoms. The van der Waals surface area contributed by atoms with Crippen LogP contribution in [0.25, 0.3) is 11.0 Å². The first kappa shape index (κ1) is 14.2. The van der Waals surface area contributed by atoms with Gasteiger partial charge in [-0.1, -0.05) is 19.1 Å². The SMILES string of the molecule is CCC(C(=O)O)N(C)Cc1nc2ccccc2[nH]c1=O. The summed E-state index contributed by atoms with van der Waals surface area (Å²) in [6.07, 6.45) is 0.470. The first-order valence-corrected chi connectivity index (χ1v) is 6.44. The lowest BCUT2D eigenvalue weighted by Crippen LogP contribution is -2.39. The van der Waals surface area contributed by atoms with Crippen molar-refractivity contribution in [1.82, 2.24) is 14.9 Å². The third kappa shape index (κ3) is 2.85. The fourth-order valence-electron chi connectivity index (χ4n) is 2.20. The standard InChI is InChI=1S/C14H17N3O3/c1-3-12(14(19)20)17(2)8-11-13(18)16-10-7-5-4-6-9(10)15-11/h4-7,12H,3,8H2,1-2H3,(H,16,18)(H,19,20). The molecule has 0 bridgehead atoms. The lowest BCUT2D eigenvalue weighted by atomic mass is 10.2. The average Bonchev–Trinajstić information content (AvgIpc) is 2.40. The molecule has 2 aromatic rings. The van der Waals surface area contributed by atoms with E-state index in [0.29, 0.717) is 23.1 Å². The van der Waals surface area contributed by atoms with Crippen LogP contribution >= 0.6 is 0 Å². The summed E-state index contributed by atoms with van der Waals surface area (Å²) in [5, 5.41) is 9.11. The zero-order valence-electron chi connectivity index (χ0n) is 11.5. The normalized spacial score (nSPS) is 12.8. The molecule has 1 unspecified atom stereocenters. The number of benzene rings is 1. The topological polar surface area (TPSA) is 86.3 Å². The van der Waals surface area contributed by atoms with Crippen LogP contribution in [0.1, 0.15) is 19.0 Å². The van der Waals surface area contributed by atoms with Crippen molar-refractivity contribution in [3.63, 3.8) is 0 Å². The third-order valence-electron chi connectivity index (χ3n) is 3.27. The Morgan fingerprint density at radius 3 is 2.80 bits per heavy atom. The van der Waals surface area contributed by atoms with E-state index < -0.39 is 12.0 Å². The number of para-hydroxylation sites is 2. The van der Waals surface area contributed by atoms with Crippen LogP contribution in [-0.2, 0) is 11.3 Å². The molecule has 0 saturated carbocycles. The zero-order chi connectivity index (χ0) is 14.7. The first-order valence-electron chi connectivity index (χ1n) is 6.44. The van der Waals surface area contributed by atoms with Crippen molar-refractivity contribution >= 4 is 17.0 Å². The fraction of sp³-hybridized carbons (Fsp3) is 0.357. The number of carboxylic acids is 1. The number of likely N-dealkylation sites (N-methyl/N-ethyl adjacent to an activating group) is 1. The summed E-state index contributed by atoms with van der Waals surface area (Å²) < 4.78 is 0. The van der Waals surface area contributed by atoms with Gasteiger partial charge in [0.25, 0.3) is 5.56 Å². The lowest BCUT2D eigenvalue weighted by Gasteiger charge is -2.22. The number of rotatable bonds is 5. The number of aliphatic carboxylic acids is 1. The summed E-state index contributed by atoms with van der Waals surface area (Å²) in [6, 6.07) is 6.63. The minimum absolute atomic E-state index is 0.199. The summed E-state index contributed by atoms with van der Waals surface area (Å²) in [5.74, 6) is -0.896. The summed E-state index contributed by atoms with van der Waals surface area (Å²) in [5.41, 5.74) is 1.41. The van der Waals surface area contributed by atoms with Gasteiger partial charge in [-0.05, 0) is 25.6 Å². The molecule has 0 aliphatic carbocycles. The predicted octanol–water partition coefficient (Wildman–Crippen LogP) is 1.22. The van der Waals surface area contributed by atoms with Gasteiger partial charge < -0.3 is 10.1 Å². The quantitative estimate of drug-likeness (QED) is 0.856. The maximum Gasteiger partial charge on any atom is 0.320 e. The van der Waals surface area contributed by atoms with Gasteiger partial charge in [-0.2, -0.15) is 0 Å². The highest BCUT2D eigenvalue weighted by atomic mass is 16.4. The fourth-order valence-corrected chi connectivity index (χ4v) is 2.20. The van der Waals surface area contributed by atoms with Crippen molar-refractivity contribution in [2.24, 2.45) is 0 Å². The Balaban J connectivity index is 2.31. The van der Waals surface area contributed by atoms with Crippen LogP contribution in [0.3, 0.4) is 0 Å². The number of hydrogen-bond donors (Lipinski definition) is 2. The second kappa shape index (κ2) is 5.83. The maximum absolute atomic E-state index is 12.0. The van der Waals surface area contributed by atoms with Gasteiger partial charge in [0, 0.05) is 6.54 Å². The largest absolute Gasteiger partial charge is 0.480 e. The zero-order valence-corrected chi connectivity index (χ0v) is 11.5. The number of aromatic amines is 1. The number of nitrogens with one attached hydrogen (secondary N) is 1. The molecule has 20 heavy (non-hydrogen) atoms. The van der Waals surface area contributed by atoms with Gasteiger partial charge in [-0.3, -0.25) is 14.5 Å². The first-order chi connectivity index (χ1) is 9.52. The molecule has 0 radical (unpaired) electrons. The van der Waals surface area contributed by atoms with Gasteiger partial charge in [-0.15, -0.1) is 0 Å².